The molecular formula is C10H21NO. The summed E-state index contributed by atoms with van der Waals surface area (Å²) in [6.07, 6.45) is 0.509. The number of hydrogen-bond donors (Lipinski definition) is 0. The van der Waals surface area contributed by atoms with Gasteiger partial charge in [-0.15, -0.1) is 0 Å². The van der Waals surface area contributed by atoms with Crippen molar-refractivity contribution in [2.24, 2.45) is 5.92 Å². The predicted molar refractivity (Wildman–Crippen MR) is 51.3 cm³/mol. The normalized spacial score (nSPS) is 20.5. The Labute approximate surface area is 75.9 Å². The molecule has 0 N–H and O–H groups in total. The Bertz CT molecular complexity index is 125. The van der Waals surface area contributed by atoms with Gasteiger partial charge < -0.3 is 4.74 Å². The summed E-state index contributed by atoms with van der Waals surface area (Å²) in [5.41, 5.74) is 0. The Balaban J connectivity index is 2.02. The third-order valence-corrected chi connectivity index (χ3v) is 2.27. The molecule has 0 bridgehead atoms. The molecule has 72 valence electrons. The summed E-state index contributed by atoms with van der Waals surface area (Å²) < 4.78 is 5.68. The largest absolute Gasteiger partial charge is 0.375 e. The monoisotopic (exact) mass is 171 g/mol. The van der Waals surface area contributed by atoms with E-state index < -0.39 is 0 Å². The fraction of sp³-hybridized carbons (Fsp3) is 1.00. The van der Waals surface area contributed by atoms with Crippen LogP contribution < -0.4 is 0 Å². The molecule has 0 spiro atoms. The first-order valence-corrected chi connectivity index (χ1v) is 4.95. The molecule has 0 saturated carbocycles. The van der Waals surface area contributed by atoms with Crippen LogP contribution >= 0.6 is 0 Å². The van der Waals surface area contributed by atoms with Gasteiger partial charge in [0.1, 0.15) is 0 Å². The van der Waals surface area contributed by atoms with Crippen molar-refractivity contribution in [2.45, 2.75) is 39.8 Å². The van der Waals surface area contributed by atoms with Crippen molar-refractivity contribution in [2.75, 3.05) is 19.7 Å². The lowest BCUT2D eigenvalue weighted by Crippen LogP contribution is -2.55. The number of likely N-dealkylation sites (tertiary alicyclic amines) is 1. The molecule has 0 atom stereocenters. The van der Waals surface area contributed by atoms with Crippen LogP contribution in [0.4, 0.5) is 0 Å². The highest BCUT2D eigenvalue weighted by atomic mass is 16.5. The van der Waals surface area contributed by atoms with Gasteiger partial charge in [0.25, 0.3) is 0 Å². The first-order chi connectivity index (χ1) is 5.59. The minimum absolute atomic E-state index is 0.509. The summed E-state index contributed by atoms with van der Waals surface area (Å²) in [6.45, 7) is 12.0. The molecule has 2 nitrogen and oxygen atoms in total. The van der Waals surface area contributed by atoms with Crippen molar-refractivity contribution >= 4 is 0 Å². The number of nitrogens with zero attached hydrogens (tertiary/aromatic N) is 1. The first kappa shape index (κ1) is 10.0. The van der Waals surface area contributed by atoms with Gasteiger partial charge in [0.05, 0.1) is 6.10 Å². The third kappa shape index (κ3) is 2.76. The quantitative estimate of drug-likeness (QED) is 0.639. The average molecular weight is 171 g/mol. The highest BCUT2D eigenvalue weighted by Crippen LogP contribution is 2.15. The summed E-state index contributed by atoms with van der Waals surface area (Å²) in [5.74, 6) is 0.665. The van der Waals surface area contributed by atoms with E-state index in [-0.39, 0.29) is 0 Å². The SMILES string of the molecule is CC(C)COC1CN(C(C)C)C1. The molecule has 12 heavy (non-hydrogen) atoms. The van der Waals surface area contributed by atoms with E-state index in [1.807, 2.05) is 0 Å². The van der Waals surface area contributed by atoms with Crippen LogP contribution in [-0.4, -0.2) is 36.7 Å². The topological polar surface area (TPSA) is 12.5 Å². The maximum atomic E-state index is 5.68. The lowest BCUT2D eigenvalue weighted by Gasteiger charge is -2.41. The second-order valence-electron chi connectivity index (χ2n) is 4.40. The lowest BCUT2D eigenvalue weighted by molar-refractivity contribution is -0.0737. The fourth-order valence-corrected chi connectivity index (χ4v) is 1.33. The van der Waals surface area contributed by atoms with E-state index in [4.69, 9.17) is 4.74 Å². The number of hydrogen-bond acceptors (Lipinski definition) is 2. The van der Waals surface area contributed by atoms with Gasteiger partial charge >= 0.3 is 0 Å². The smallest absolute Gasteiger partial charge is 0.0828 e. The number of ether oxygens (including phenoxy) is 1. The minimum Gasteiger partial charge on any atom is -0.375 e. The van der Waals surface area contributed by atoms with Crippen LogP contribution in [0, 0.1) is 5.92 Å². The molecule has 1 fully saturated rings. The van der Waals surface area contributed by atoms with Gasteiger partial charge in [-0.2, -0.15) is 0 Å². The number of rotatable bonds is 4. The zero-order valence-corrected chi connectivity index (χ0v) is 8.71. The van der Waals surface area contributed by atoms with Gasteiger partial charge in [0.15, 0.2) is 0 Å². The van der Waals surface area contributed by atoms with Gasteiger partial charge in [0.2, 0.25) is 0 Å². The van der Waals surface area contributed by atoms with Gasteiger partial charge in [-0.1, -0.05) is 13.8 Å². The molecule has 0 aliphatic carbocycles. The Hall–Kier alpha value is -0.0800. The van der Waals surface area contributed by atoms with Crippen LogP contribution in [-0.2, 0) is 4.74 Å². The molecule has 0 unspecified atom stereocenters. The summed E-state index contributed by atoms with van der Waals surface area (Å²) >= 11 is 0. The third-order valence-electron chi connectivity index (χ3n) is 2.27. The maximum absolute atomic E-state index is 5.68. The van der Waals surface area contributed by atoms with Crippen LogP contribution in [0.15, 0.2) is 0 Å². The summed E-state index contributed by atoms with van der Waals surface area (Å²) in [4.78, 5) is 2.44. The Morgan fingerprint density at radius 1 is 1.25 bits per heavy atom. The zero-order valence-electron chi connectivity index (χ0n) is 8.71. The van der Waals surface area contributed by atoms with E-state index in [1.54, 1.807) is 0 Å². The molecule has 0 aromatic carbocycles. The molecule has 0 radical (unpaired) electrons. The highest BCUT2D eigenvalue weighted by Gasteiger charge is 2.28. The van der Waals surface area contributed by atoms with Crippen LogP contribution in [0.3, 0.4) is 0 Å². The van der Waals surface area contributed by atoms with E-state index in [1.165, 1.54) is 0 Å². The molecule has 0 aromatic rings. The molecule has 1 rings (SSSR count). The molecule has 1 heterocycles. The van der Waals surface area contributed by atoms with Crippen molar-refractivity contribution in [1.82, 2.24) is 4.90 Å². The van der Waals surface area contributed by atoms with E-state index in [0.717, 1.165) is 19.7 Å². The van der Waals surface area contributed by atoms with Crippen LogP contribution in [0.2, 0.25) is 0 Å². The van der Waals surface area contributed by atoms with Crippen LogP contribution in [0.25, 0.3) is 0 Å². The molecule has 2 heteroatoms. The molecule has 0 aromatic heterocycles. The zero-order chi connectivity index (χ0) is 9.14. The van der Waals surface area contributed by atoms with Gasteiger partial charge in [-0.05, 0) is 19.8 Å². The van der Waals surface area contributed by atoms with Crippen molar-refractivity contribution in [3.8, 4) is 0 Å². The van der Waals surface area contributed by atoms with E-state index >= 15 is 0 Å². The Kier molecular flexibility index (Phi) is 3.53. The van der Waals surface area contributed by atoms with Crippen LogP contribution in [0.5, 0.6) is 0 Å². The van der Waals surface area contributed by atoms with Crippen LogP contribution in [0.1, 0.15) is 27.7 Å². The lowest BCUT2D eigenvalue weighted by atomic mass is 10.1. The second kappa shape index (κ2) is 4.24. The van der Waals surface area contributed by atoms with Gasteiger partial charge in [-0.3, -0.25) is 4.90 Å². The molecular weight excluding hydrogens is 150 g/mol. The first-order valence-electron chi connectivity index (χ1n) is 4.95. The second-order valence-corrected chi connectivity index (χ2v) is 4.40. The van der Waals surface area contributed by atoms with Gasteiger partial charge in [0, 0.05) is 25.7 Å². The van der Waals surface area contributed by atoms with Crippen molar-refractivity contribution in [3.63, 3.8) is 0 Å². The van der Waals surface area contributed by atoms with Crippen molar-refractivity contribution in [3.05, 3.63) is 0 Å². The molecule has 0 amide bonds. The molecule has 1 saturated heterocycles. The van der Waals surface area contributed by atoms with Gasteiger partial charge in [-0.25, -0.2) is 0 Å². The standard InChI is InChI=1S/C10H21NO/c1-8(2)7-12-10-5-11(6-10)9(3)4/h8-10H,5-7H2,1-4H3. The maximum Gasteiger partial charge on any atom is 0.0828 e. The summed E-state index contributed by atoms with van der Waals surface area (Å²) in [7, 11) is 0. The average Bonchev–Trinajstić information content (AvgIpc) is 1.82. The molecule has 1 aliphatic heterocycles. The predicted octanol–water partition coefficient (Wildman–Crippen LogP) is 1.75. The van der Waals surface area contributed by atoms with E-state index in [9.17, 15) is 0 Å². The fourth-order valence-electron chi connectivity index (χ4n) is 1.33. The summed E-state index contributed by atoms with van der Waals surface area (Å²) in [6, 6.07) is 0.684. The van der Waals surface area contributed by atoms with Crippen molar-refractivity contribution < 1.29 is 4.74 Å². The summed E-state index contributed by atoms with van der Waals surface area (Å²) in [5, 5.41) is 0. The van der Waals surface area contributed by atoms with E-state index in [0.29, 0.717) is 18.1 Å². The Morgan fingerprint density at radius 3 is 2.25 bits per heavy atom. The minimum atomic E-state index is 0.509. The molecule has 1 aliphatic rings. The Morgan fingerprint density at radius 2 is 1.83 bits per heavy atom. The van der Waals surface area contributed by atoms with E-state index in [2.05, 4.69) is 32.6 Å². The van der Waals surface area contributed by atoms with Crippen molar-refractivity contribution in [1.29, 1.82) is 0 Å². The highest BCUT2D eigenvalue weighted by molar-refractivity contribution is 4.82.